The zero-order valence-electron chi connectivity index (χ0n) is 17.8. The Morgan fingerprint density at radius 2 is 1.72 bits per heavy atom. The highest BCUT2D eigenvalue weighted by Gasteiger charge is 2.36. The van der Waals surface area contributed by atoms with Crippen LogP contribution < -0.4 is 5.32 Å². The molecule has 2 aliphatic heterocycles. The fourth-order valence-corrected chi connectivity index (χ4v) is 6.49. The molecule has 1 N–H and O–H groups in total. The number of piperazine rings is 1. The largest absolute Gasteiger partial charge is 0.373 e. The summed E-state index contributed by atoms with van der Waals surface area (Å²) in [6, 6.07) is 0. The Labute approximate surface area is 182 Å². The minimum atomic E-state index is -3.46. The van der Waals surface area contributed by atoms with Gasteiger partial charge < -0.3 is 10.1 Å². The van der Waals surface area contributed by atoms with Gasteiger partial charge in [-0.2, -0.15) is 17.0 Å². The van der Waals surface area contributed by atoms with Crippen LogP contribution in [0.1, 0.15) is 34.6 Å². The molecule has 9 nitrogen and oxygen atoms in total. The van der Waals surface area contributed by atoms with Crippen LogP contribution in [0.5, 0.6) is 0 Å². The molecule has 0 amide bonds. The molecule has 2 saturated heterocycles. The van der Waals surface area contributed by atoms with Crippen molar-refractivity contribution in [2.75, 3.05) is 44.6 Å². The molecule has 0 radical (unpaired) electrons. The zero-order valence-corrected chi connectivity index (χ0v) is 20.2. The van der Waals surface area contributed by atoms with Gasteiger partial charge in [0.25, 0.3) is 10.2 Å². The summed E-state index contributed by atoms with van der Waals surface area (Å²) >= 11 is 6.91. The van der Waals surface area contributed by atoms with Crippen LogP contribution in [-0.4, -0.2) is 88.7 Å². The Hall–Kier alpha value is -0.630. The van der Waals surface area contributed by atoms with Crippen LogP contribution in [0.2, 0.25) is 0 Å². The Morgan fingerprint density at radius 1 is 1.14 bits per heavy atom. The molecule has 2 unspecified atom stereocenters. The second kappa shape index (κ2) is 8.85. The Kier molecular flexibility index (Phi) is 7.03. The third-order valence-electron chi connectivity index (χ3n) is 4.79. The summed E-state index contributed by atoms with van der Waals surface area (Å²) in [5, 5.41) is 8.72. The van der Waals surface area contributed by atoms with Crippen molar-refractivity contribution in [3.05, 3.63) is 3.95 Å². The van der Waals surface area contributed by atoms with Gasteiger partial charge in [0.2, 0.25) is 5.13 Å². The smallest absolute Gasteiger partial charge is 0.282 e. The Morgan fingerprint density at radius 3 is 2.28 bits per heavy atom. The van der Waals surface area contributed by atoms with E-state index < -0.39 is 10.2 Å². The summed E-state index contributed by atoms with van der Waals surface area (Å²) in [4.78, 5) is 2.19. The molecular formula is C17H32N6O3S3. The normalized spacial score (nSPS) is 26.0. The van der Waals surface area contributed by atoms with Crippen LogP contribution in [-0.2, 0) is 21.6 Å². The average molecular weight is 465 g/mol. The van der Waals surface area contributed by atoms with E-state index in [4.69, 9.17) is 17.0 Å². The van der Waals surface area contributed by atoms with Crippen LogP contribution in [0.25, 0.3) is 0 Å². The minimum Gasteiger partial charge on any atom is -0.373 e. The van der Waals surface area contributed by atoms with E-state index >= 15 is 0 Å². The predicted octanol–water partition coefficient (Wildman–Crippen LogP) is 1.81. The number of morpholine rings is 1. The molecule has 2 atom stereocenters. The lowest BCUT2D eigenvalue weighted by atomic mass is 10.1. The second-order valence-corrected chi connectivity index (χ2v) is 12.3. The monoisotopic (exact) mass is 464 g/mol. The number of nitrogens with zero attached hydrogens (tertiary/aromatic N) is 5. The molecule has 166 valence electrons. The maximum Gasteiger partial charge on any atom is 0.282 e. The molecule has 2 fully saturated rings. The van der Waals surface area contributed by atoms with Gasteiger partial charge in [0.15, 0.2) is 3.95 Å². The van der Waals surface area contributed by atoms with E-state index in [0.717, 1.165) is 5.13 Å². The zero-order chi connectivity index (χ0) is 21.4. The van der Waals surface area contributed by atoms with Crippen LogP contribution in [0.4, 0.5) is 5.13 Å². The van der Waals surface area contributed by atoms with E-state index in [1.807, 2.05) is 18.5 Å². The average Bonchev–Trinajstić information content (AvgIpc) is 2.91. The van der Waals surface area contributed by atoms with Crippen molar-refractivity contribution in [1.82, 2.24) is 23.3 Å². The van der Waals surface area contributed by atoms with Crippen LogP contribution >= 0.6 is 23.6 Å². The van der Waals surface area contributed by atoms with Crippen molar-refractivity contribution in [3.8, 4) is 0 Å². The number of hydrogen-bond acceptors (Lipinski definition) is 8. The highest BCUT2D eigenvalue weighted by Crippen LogP contribution is 2.21. The molecule has 0 aromatic carbocycles. The van der Waals surface area contributed by atoms with Gasteiger partial charge in [-0.15, -0.1) is 5.10 Å². The summed E-state index contributed by atoms with van der Waals surface area (Å²) in [6.45, 7) is 13.7. The maximum absolute atomic E-state index is 13.0. The van der Waals surface area contributed by atoms with Crippen LogP contribution in [0.15, 0.2) is 0 Å². The third-order valence-corrected chi connectivity index (χ3v) is 7.98. The Balaban J connectivity index is 1.57. The van der Waals surface area contributed by atoms with Crippen molar-refractivity contribution in [1.29, 1.82) is 0 Å². The predicted molar refractivity (Wildman–Crippen MR) is 118 cm³/mol. The van der Waals surface area contributed by atoms with Gasteiger partial charge >= 0.3 is 0 Å². The fourth-order valence-electron chi connectivity index (χ4n) is 3.54. The van der Waals surface area contributed by atoms with Crippen molar-refractivity contribution >= 4 is 38.9 Å². The highest BCUT2D eigenvalue weighted by molar-refractivity contribution is 7.86. The summed E-state index contributed by atoms with van der Waals surface area (Å²) in [5.74, 6) is 0. The number of aromatic nitrogens is 2. The van der Waals surface area contributed by atoms with Crippen molar-refractivity contribution < 1.29 is 13.2 Å². The molecule has 12 heteroatoms. The fraction of sp³-hybridized carbons (Fsp3) is 0.882. The summed E-state index contributed by atoms with van der Waals surface area (Å²) < 4.78 is 37.4. The summed E-state index contributed by atoms with van der Waals surface area (Å²) in [6.07, 6.45) is -0.172. The molecular weight excluding hydrogens is 432 g/mol. The van der Waals surface area contributed by atoms with Gasteiger partial charge in [-0.3, -0.25) is 4.90 Å². The van der Waals surface area contributed by atoms with Gasteiger partial charge in [0.05, 0.1) is 18.9 Å². The highest BCUT2D eigenvalue weighted by atomic mass is 32.2. The first-order valence-corrected chi connectivity index (χ1v) is 12.6. The molecule has 1 aromatic rings. The SMILES string of the molecule is CC1CN(S(=O)(=O)N2CCN(Cn3nc(NC(C)(C)C)sc3=S)CC2)CC(C)O1. The van der Waals surface area contributed by atoms with Crippen LogP contribution in [0, 0.1) is 3.95 Å². The summed E-state index contributed by atoms with van der Waals surface area (Å²) in [7, 11) is -3.46. The van der Waals surface area contributed by atoms with E-state index in [0.29, 0.717) is 49.9 Å². The van der Waals surface area contributed by atoms with Crippen molar-refractivity contribution in [2.45, 2.75) is 59.0 Å². The minimum absolute atomic E-state index is 0.0775. The first kappa shape index (κ1) is 23.0. The molecule has 2 aliphatic rings. The third kappa shape index (κ3) is 5.96. The molecule has 1 aromatic heterocycles. The van der Waals surface area contributed by atoms with E-state index in [2.05, 4.69) is 36.1 Å². The number of ether oxygens (including phenoxy) is 1. The van der Waals surface area contributed by atoms with E-state index in [1.54, 1.807) is 8.61 Å². The quantitative estimate of drug-likeness (QED) is 0.666. The molecule has 0 saturated carbocycles. The Bertz CT molecular complexity index is 844. The maximum atomic E-state index is 13.0. The van der Waals surface area contributed by atoms with Gasteiger partial charge in [-0.05, 0) is 46.8 Å². The molecule has 29 heavy (non-hydrogen) atoms. The standard InChI is InChI=1S/C17H32N6O3S3/c1-13-10-22(11-14(2)26-13)29(24,25)21-8-6-20(7-9-21)12-23-16(27)28-15(19-23)18-17(3,4)5/h13-14H,6-12H2,1-5H3,(H,18,19). The van der Waals surface area contributed by atoms with E-state index in [-0.39, 0.29) is 17.7 Å². The molecule has 3 heterocycles. The first-order valence-electron chi connectivity index (χ1n) is 9.93. The summed E-state index contributed by atoms with van der Waals surface area (Å²) in [5.41, 5.74) is -0.0775. The lowest BCUT2D eigenvalue weighted by Gasteiger charge is -2.40. The molecule has 0 spiro atoms. The van der Waals surface area contributed by atoms with Crippen molar-refractivity contribution in [3.63, 3.8) is 0 Å². The topological polar surface area (TPSA) is 82.9 Å². The van der Waals surface area contributed by atoms with Gasteiger partial charge in [0, 0.05) is 44.8 Å². The number of anilines is 1. The molecule has 0 aliphatic carbocycles. The molecule has 3 rings (SSSR count). The van der Waals surface area contributed by atoms with Crippen molar-refractivity contribution in [2.24, 2.45) is 0 Å². The van der Waals surface area contributed by atoms with E-state index in [1.165, 1.54) is 11.3 Å². The number of hydrogen-bond donors (Lipinski definition) is 1. The lowest BCUT2D eigenvalue weighted by Crippen LogP contribution is -2.57. The first-order chi connectivity index (χ1) is 13.4. The van der Waals surface area contributed by atoms with Gasteiger partial charge in [-0.25, -0.2) is 4.68 Å². The van der Waals surface area contributed by atoms with Crippen LogP contribution in [0.3, 0.4) is 0 Å². The molecule has 0 bridgehead atoms. The number of nitrogens with one attached hydrogen (secondary N) is 1. The van der Waals surface area contributed by atoms with E-state index in [9.17, 15) is 8.42 Å². The number of rotatable bonds is 5. The lowest BCUT2D eigenvalue weighted by molar-refractivity contribution is -0.0458. The van der Waals surface area contributed by atoms with Gasteiger partial charge in [0.1, 0.15) is 0 Å². The second-order valence-electron chi connectivity index (χ2n) is 8.79. The van der Waals surface area contributed by atoms with Gasteiger partial charge in [-0.1, -0.05) is 11.3 Å².